The highest BCUT2D eigenvalue weighted by Gasteiger charge is 2.10. The van der Waals surface area contributed by atoms with E-state index in [0.29, 0.717) is 11.3 Å². The van der Waals surface area contributed by atoms with Crippen molar-refractivity contribution in [2.24, 2.45) is 0 Å². The van der Waals surface area contributed by atoms with Gasteiger partial charge in [-0.2, -0.15) is 0 Å². The lowest BCUT2D eigenvalue weighted by molar-refractivity contribution is 0.0600. The molecule has 0 aliphatic rings. The van der Waals surface area contributed by atoms with Gasteiger partial charge in [-0.05, 0) is 40.5 Å². The molecular weight excluding hydrogens is 269 g/mol. The average Bonchev–Trinajstić information content (AvgIpc) is 2.10. The van der Waals surface area contributed by atoms with E-state index in [0.717, 1.165) is 10.0 Å². The molecule has 0 aliphatic carbocycles. The van der Waals surface area contributed by atoms with Crippen LogP contribution in [0.4, 0.5) is 5.69 Å². The SMILES string of the molecule is COC(=O)c1cc(N)c(Br)cc1C.Cl. The van der Waals surface area contributed by atoms with Crippen molar-refractivity contribution in [3.05, 3.63) is 27.7 Å². The van der Waals surface area contributed by atoms with E-state index in [9.17, 15) is 4.79 Å². The number of nitrogen functional groups attached to an aromatic ring is 1. The third-order valence-corrected chi connectivity index (χ3v) is 2.44. The fourth-order valence-electron chi connectivity index (χ4n) is 1.02. The molecule has 0 aliphatic heterocycles. The van der Waals surface area contributed by atoms with Crippen LogP contribution in [0.1, 0.15) is 15.9 Å². The van der Waals surface area contributed by atoms with E-state index < -0.39 is 0 Å². The number of halogens is 2. The zero-order valence-electron chi connectivity index (χ0n) is 7.83. The van der Waals surface area contributed by atoms with Crippen molar-refractivity contribution in [1.82, 2.24) is 0 Å². The Bertz CT molecular complexity index is 355. The molecule has 0 unspecified atom stereocenters. The molecule has 0 fully saturated rings. The number of hydrogen-bond donors (Lipinski definition) is 1. The molecule has 0 amide bonds. The molecule has 0 spiro atoms. The molecule has 0 bridgehead atoms. The van der Waals surface area contributed by atoms with E-state index in [1.807, 2.05) is 6.92 Å². The third kappa shape index (κ3) is 2.62. The fraction of sp³-hybridized carbons (Fsp3) is 0.222. The van der Waals surface area contributed by atoms with Crippen molar-refractivity contribution in [1.29, 1.82) is 0 Å². The molecule has 0 saturated carbocycles. The van der Waals surface area contributed by atoms with Gasteiger partial charge in [0.15, 0.2) is 0 Å². The summed E-state index contributed by atoms with van der Waals surface area (Å²) in [5, 5.41) is 0. The summed E-state index contributed by atoms with van der Waals surface area (Å²) in [6.07, 6.45) is 0. The number of ether oxygens (including phenoxy) is 1. The van der Waals surface area contributed by atoms with Crippen molar-refractivity contribution >= 4 is 40.0 Å². The van der Waals surface area contributed by atoms with E-state index in [2.05, 4.69) is 20.7 Å². The minimum Gasteiger partial charge on any atom is -0.465 e. The van der Waals surface area contributed by atoms with Crippen molar-refractivity contribution < 1.29 is 9.53 Å². The quantitative estimate of drug-likeness (QED) is 0.635. The zero-order valence-corrected chi connectivity index (χ0v) is 10.2. The number of anilines is 1. The van der Waals surface area contributed by atoms with E-state index in [4.69, 9.17) is 5.73 Å². The van der Waals surface area contributed by atoms with Crippen LogP contribution in [0.5, 0.6) is 0 Å². The van der Waals surface area contributed by atoms with Crippen LogP contribution in [0.15, 0.2) is 16.6 Å². The van der Waals surface area contributed by atoms with Crippen LogP contribution in [0.3, 0.4) is 0 Å². The molecule has 78 valence electrons. The van der Waals surface area contributed by atoms with Crippen LogP contribution in [0.2, 0.25) is 0 Å². The summed E-state index contributed by atoms with van der Waals surface area (Å²) in [5.74, 6) is -0.364. The summed E-state index contributed by atoms with van der Waals surface area (Å²) < 4.78 is 5.39. The molecule has 0 saturated heterocycles. The normalized spacial score (nSPS) is 9.07. The molecule has 0 aromatic heterocycles. The summed E-state index contributed by atoms with van der Waals surface area (Å²) in [4.78, 5) is 11.2. The van der Waals surface area contributed by atoms with E-state index >= 15 is 0 Å². The van der Waals surface area contributed by atoms with Gasteiger partial charge < -0.3 is 10.5 Å². The summed E-state index contributed by atoms with van der Waals surface area (Å²) in [6, 6.07) is 3.40. The first-order chi connectivity index (χ1) is 6.06. The summed E-state index contributed by atoms with van der Waals surface area (Å²) in [7, 11) is 1.35. The first-order valence-corrected chi connectivity index (χ1v) is 4.49. The van der Waals surface area contributed by atoms with Gasteiger partial charge in [0.05, 0.1) is 12.7 Å². The first-order valence-electron chi connectivity index (χ1n) is 3.70. The van der Waals surface area contributed by atoms with Gasteiger partial charge in [0.25, 0.3) is 0 Å². The van der Waals surface area contributed by atoms with Gasteiger partial charge in [-0.25, -0.2) is 4.79 Å². The second kappa shape index (κ2) is 5.22. The number of hydrogen-bond acceptors (Lipinski definition) is 3. The molecule has 5 heteroatoms. The molecule has 1 rings (SSSR count). The maximum Gasteiger partial charge on any atom is 0.338 e. The number of carbonyl (C=O) groups excluding carboxylic acids is 1. The Morgan fingerprint density at radius 3 is 2.57 bits per heavy atom. The Morgan fingerprint density at radius 2 is 2.07 bits per heavy atom. The van der Waals surface area contributed by atoms with Crippen LogP contribution >= 0.6 is 28.3 Å². The van der Waals surface area contributed by atoms with Crippen LogP contribution in [-0.2, 0) is 4.74 Å². The molecule has 14 heavy (non-hydrogen) atoms. The van der Waals surface area contributed by atoms with Crippen LogP contribution in [-0.4, -0.2) is 13.1 Å². The lowest BCUT2D eigenvalue weighted by Gasteiger charge is -2.06. The number of methoxy groups -OCH3 is 1. The fourth-order valence-corrected chi connectivity index (χ4v) is 1.48. The van der Waals surface area contributed by atoms with Crippen molar-refractivity contribution in [2.75, 3.05) is 12.8 Å². The lowest BCUT2D eigenvalue weighted by atomic mass is 10.1. The molecular formula is C9H11BrClNO2. The number of rotatable bonds is 1. The van der Waals surface area contributed by atoms with Crippen LogP contribution in [0.25, 0.3) is 0 Å². The number of aryl methyl sites for hydroxylation is 1. The maximum atomic E-state index is 11.2. The zero-order chi connectivity index (χ0) is 10.0. The van der Waals surface area contributed by atoms with Gasteiger partial charge in [0.1, 0.15) is 0 Å². The highest BCUT2D eigenvalue weighted by atomic mass is 79.9. The number of esters is 1. The third-order valence-electron chi connectivity index (χ3n) is 1.75. The largest absolute Gasteiger partial charge is 0.465 e. The van der Waals surface area contributed by atoms with Crippen LogP contribution in [0, 0.1) is 6.92 Å². The smallest absolute Gasteiger partial charge is 0.338 e. The standard InChI is InChI=1S/C9H10BrNO2.ClH/c1-5-3-7(10)8(11)4-6(5)9(12)13-2;/h3-4H,11H2,1-2H3;1H. The summed E-state index contributed by atoms with van der Waals surface area (Å²) in [6.45, 7) is 1.83. The molecule has 0 radical (unpaired) electrons. The van der Waals surface area contributed by atoms with E-state index in [1.165, 1.54) is 7.11 Å². The van der Waals surface area contributed by atoms with E-state index in [1.54, 1.807) is 12.1 Å². The van der Waals surface area contributed by atoms with Gasteiger partial charge in [-0.1, -0.05) is 0 Å². The van der Waals surface area contributed by atoms with Crippen molar-refractivity contribution in [3.8, 4) is 0 Å². The number of nitrogens with two attached hydrogens (primary N) is 1. The van der Waals surface area contributed by atoms with Gasteiger partial charge in [0, 0.05) is 10.2 Å². The molecule has 0 heterocycles. The Hall–Kier alpha value is -0.740. The lowest BCUT2D eigenvalue weighted by Crippen LogP contribution is -2.05. The van der Waals surface area contributed by atoms with Gasteiger partial charge in [-0.15, -0.1) is 12.4 Å². The van der Waals surface area contributed by atoms with Gasteiger partial charge >= 0.3 is 5.97 Å². The highest BCUT2D eigenvalue weighted by Crippen LogP contribution is 2.23. The maximum absolute atomic E-state index is 11.2. The predicted octanol–water partition coefficient (Wildman–Crippen LogP) is 2.55. The minimum atomic E-state index is -0.364. The number of benzene rings is 1. The molecule has 3 nitrogen and oxygen atoms in total. The molecule has 1 aromatic carbocycles. The molecule has 0 atom stereocenters. The Kier molecular flexibility index (Phi) is 4.94. The first kappa shape index (κ1) is 13.3. The van der Waals surface area contributed by atoms with Crippen LogP contribution < -0.4 is 5.73 Å². The van der Waals surface area contributed by atoms with E-state index in [-0.39, 0.29) is 18.4 Å². The monoisotopic (exact) mass is 279 g/mol. The molecule has 2 N–H and O–H groups in total. The average molecular weight is 281 g/mol. The summed E-state index contributed by atoms with van der Waals surface area (Å²) in [5.41, 5.74) is 7.50. The van der Waals surface area contributed by atoms with Crippen molar-refractivity contribution in [3.63, 3.8) is 0 Å². The second-order valence-electron chi connectivity index (χ2n) is 2.68. The van der Waals surface area contributed by atoms with Crippen molar-refractivity contribution in [2.45, 2.75) is 6.92 Å². The Labute approximate surface area is 97.2 Å². The van der Waals surface area contributed by atoms with Gasteiger partial charge in [0.2, 0.25) is 0 Å². The highest BCUT2D eigenvalue weighted by molar-refractivity contribution is 9.10. The predicted molar refractivity (Wildman–Crippen MR) is 61.9 cm³/mol. The second-order valence-corrected chi connectivity index (χ2v) is 3.53. The van der Waals surface area contributed by atoms with Gasteiger partial charge in [-0.3, -0.25) is 0 Å². The minimum absolute atomic E-state index is 0. The Balaban J connectivity index is 0.00000169. The molecule has 1 aromatic rings. The topological polar surface area (TPSA) is 52.3 Å². The Morgan fingerprint density at radius 1 is 1.50 bits per heavy atom. The summed E-state index contributed by atoms with van der Waals surface area (Å²) >= 11 is 3.27. The number of carbonyl (C=O) groups is 1.